The molecule has 0 amide bonds. The third kappa shape index (κ3) is 1.48. The highest BCUT2D eigenvalue weighted by molar-refractivity contribution is 6.11. The minimum Gasteiger partial charge on any atom is -0.382 e. The summed E-state index contributed by atoms with van der Waals surface area (Å²) in [4.78, 5) is 0. The molecule has 1 heterocycles. The molecule has 0 bridgehead atoms. The second-order valence-corrected chi connectivity index (χ2v) is 3.00. The van der Waals surface area contributed by atoms with Gasteiger partial charge in [-0.25, -0.2) is 0 Å². The summed E-state index contributed by atoms with van der Waals surface area (Å²) in [5.74, 6) is 0. The average Bonchev–Trinajstić information content (AvgIpc) is 2.13. The minimum atomic E-state index is -0.00468. The van der Waals surface area contributed by atoms with E-state index in [1.807, 2.05) is 0 Å². The van der Waals surface area contributed by atoms with Gasteiger partial charge in [-0.1, -0.05) is 6.92 Å². The molecule has 0 saturated carbocycles. The molecule has 1 aliphatic heterocycles. The first-order valence-electron chi connectivity index (χ1n) is 3.60. The SMILES string of the molecule is [B][C@H]1CCC(C)(CC)O1. The van der Waals surface area contributed by atoms with Crippen molar-refractivity contribution in [1.82, 2.24) is 0 Å². The minimum absolute atomic E-state index is 0.00468. The van der Waals surface area contributed by atoms with E-state index in [9.17, 15) is 0 Å². The maximum absolute atomic E-state index is 5.56. The molecule has 0 aromatic carbocycles. The van der Waals surface area contributed by atoms with Gasteiger partial charge >= 0.3 is 0 Å². The molecule has 1 unspecified atom stereocenters. The van der Waals surface area contributed by atoms with E-state index >= 15 is 0 Å². The molecule has 0 aromatic rings. The Hall–Kier alpha value is 0.0249. The van der Waals surface area contributed by atoms with Crippen molar-refractivity contribution in [2.75, 3.05) is 0 Å². The zero-order chi connectivity index (χ0) is 6.91. The maximum Gasteiger partial charge on any atom is 0.109 e. The van der Waals surface area contributed by atoms with E-state index in [1.54, 1.807) is 0 Å². The number of hydrogen-bond donors (Lipinski definition) is 0. The van der Waals surface area contributed by atoms with Crippen molar-refractivity contribution in [3.05, 3.63) is 0 Å². The highest BCUT2D eigenvalue weighted by Crippen LogP contribution is 2.30. The summed E-state index contributed by atoms with van der Waals surface area (Å²) in [6.07, 6.45) is 3.20. The summed E-state index contributed by atoms with van der Waals surface area (Å²) in [7, 11) is 5.56. The molecule has 0 aliphatic carbocycles. The molecule has 1 saturated heterocycles. The molecule has 9 heavy (non-hydrogen) atoms. The van der Waals surface area contributed by atoms with Crippen LogP contribution in [0.4, 0.5) is 0 Å². The Labute approximate surface area is 58.2 Å². The molecule has 2 atom stereocenters. The van der Waals surface area contributed by atoms with Gasteiger partial charge in [-0.15, -0.1) is 0 Å². The fourth-order valence-corrected chi connectivity index (χ4v) is 1.19. The van der Waals surface area contributed by atoms with E-state index in [0.717, 1.165) is 19.3 Å². The van der Waals surface area contributed by atoms with E-state index in [-0.39, 0.29) is 11.6 Å². The highest BCUT2D eigenvalue weighted by atomic mass is 16.5. The average molecular weight is 124 g/mol. The van der Waals surface area contributed by atoms with E-state index in [0.29, 0.717) is 0 Å². The fraction of sp³-hybridized carbons (Fsp3) is 1.00. The molecule has 1 nitrogen and oxygen atoms in total. The Morgan fingerprint density at radius 1 is 1.78 bits per heavy atom. The van der Waals surface area contributed by atoms with Crippen molar-refractivity contribution < 1.29 is 4.74 Å². The van der Waals surface area contributed by atoms with Crippen LogP contribution in [0.1, 0.15) is 33.1 Å². The van der Waals surface area contributed by atoms with Gasteiger partial charge in [-0.2, -0.15) is 0 Å². The van der Waals surface area contributed by atoms with Crippen molar-refractivity contribution in [3.8, 4) is 0 Å². The normalized spacial score (nSPS) is 43.6. The van der Waals surface area contributed by atoms with Crippen LogP contribution >= 0.6 is 0 Å². The van der Waals surface area contributed by atoms with Gasteiger partial charge in [0.05, 0.1) is 5.60 Å². The van der Waals surface area contributed by atoms with Crippen LogP contribution in [-0.2, 0) is 4.74 Å². The summed E-state index contributed by atoms with van der Waals surface area (Å²) >= 11 is 0. The van der Waals surface area contributed by atoms with Crippen LogP contribution in [0.2, 0.25) is 0 Å². The van der Waals surface area contributed by atoms with Gasteiger partial charge < -0.3 is 4.74 Å². The maximum atomic E-state index is 5.56. The quantitative estimate of drug-likeness (QED) is 0.481. The molecule has 2 radical (unpaired) electrons. The van der Waals surface area contributed by atoms with Gasteiger partial charge in [-0.05, 0) is 26.2 Å². The van der Waals surface area contributed by atoms with Gasteiger partial charge in [-0.3, -0.25) is 0 Å². The van der Waals surface area contributed by atoms with Gasteiger partial charge in [0, 0.05) is 6.00 Å². The smallest absolute Gasteiger partial charge is 0.109 e. The molecule has 0 spiro atoms. The lowest BCUT2D eigenvalue weighted by molar-refractivity contribution is 0.000542. The molecular formula is C7H13BO. The second-order valence-electron chi connectivity index (χ2n) is 3.00. The standard InChI is InChI=1S/C7H13BO/c1-3-7(2)5-4-6(8)9-7/h6H,3-5H2,1-2H3/t6-,7?/m1/s1. The van der Waals surface area contributed by atoms with Crippen molar-refractivity contribution in [2.45, 2.75) is 44.7 Å². The first kappa shape index (κ1) is 7.14. The van der Waals surface area contributed by atoms with Crippen LogP contribution in [0.15, 0.2) is 0 Å². The predicted molar refractivity (Wildman–Crippen MR) is 38.6 cm³/mol. The second kappa shape index (κ2) is 2.33. The van der Waals surface area contributed by atoms with E-state index in [2.05, 4.69) is 13.8 Å². The topological polar surface area (TPSA) is 9.23 Å². The van der Waals surface area contributed by atoms with Crippen molar-refractivity contribution in [1.29, 1.82) is 0 Å². The Morgan fingerprint density at radius 3 is 2.67 bits per heavy atom. The molecule has 0 aromatic heterocycles. The van der Waals surface area contributed by atoms with Crippen molar-refractivity contribution in [3.63, 3.8) is 0 Å². The monoisotopic (exact) mass is 124 g/mol. The van der Waals surface area contributed by atoms with E-state index < -0.39 is 0 Å². The summed E-state index contributed by atoms with van der Waals surface area (Å²) in [6, 6.07) is -0.00468. The first-order chi connectivity index (χ1) is 4.16. The fourth-order valence-electron chi connectivity index (χ4n) is 1.19. The van der Waals surface area contributed by atoms with Crippen LogP contribution in [0, 0.1) is 0 Å². The zero-order valence-electron chi connectivity index (χ0n) is 6.18. The first-order valence-corrected chi connectivity index (χ1v) is 3.60. The summed E-state index contributed by atoms with van der Waals surface area (Å²) < 4.78 is 5.48. The van der Waals surface area contributed by atoms with Crippen LogP contribution in [-0.4, -0.2) is 19.5 Å². The Morgan fingerprint density at radius 2 is 2.44 bits per heavy atom. The summed E-state index contributed by atoms with van der Waals surface area (Å²) in [5, 5.41) is 0. The van der Waals surface area contributed by atoms with Crippen LogP contribution in [0.5, 0.6) is 0 Å². The largest absolute Gasteiger partial charge is 0.382 e. The lowest BCUT2D eigenvalue weighted by Crippen LogP contribution is -2.23. The predicted octanol–water partition coefficient (Wildman–Crippen LogP) is 1.46. The van der Waals surface area contributed by atoms with Gasteiger partial charge in [0.2, 0.25) is 0 Å². The van der Waals surface area contributed by atoms with Gasteiger partial charge in [0.15, 0.2) is 0 Å². The lowest BCUT2D eigenvalue weighted by Gasteiger charge is -2.21. The highest BCUT2D eigenvalue weighted by Gasteiger charge is 2.31. The van der Waals surface area contributed by atoms with Crippen LogP contribution in [0.25, 0.3) is 0 Å². The summed E-state index contributed by atoms with van der Waals surface area (Å²) in [5.41, 5.74) is 0.0828. The third-order valence-electron chi connectivity index (χ3n) is 2.14. The third-order valence-corrected chi connectivity index (χ3v) is 2.14. The van der Waals surface area contributed by atoms with Crippen molar-refractivity contribution >= 4 is 7.85 Å². The molecule has 1 aliphatic rings. The van der Waals surface area contributed by atoms with Crippen molar-refractivity contribution in [2.24, 2.45) is 0 Å². The molecule has 2 heteroatoms. The molecule has 50 valence electrons. The molecular weight excluding hydrogens is 111 g/mol. The van der Waals surface area contributed by atoms with Crippen LogP contribution in [0.3, 0.4) is 0 Å². The number of rotatable bonds is 1. The Kier molecular flexibility index (Phi) is 1.85. The Balaban J connectivity index is 2.45. The molecule has 0 N–H and O–H groups in total. The van der Waals surface area contributed by atoms with E-state index in [4.69, 9.17) is 12.6 Å². The van der Waals surface area contributed by atoms with Gasteiger partial charge in [0.25, 0.3) is 0 Å². The lowest BCUT2D eigenvalue weighted by atomic mass is 9.94. The van der Waals surface area contributed by atoms with Gasteiger partial charge in [0.1, 0.15) is 7.85 Å². The Bertz CT molecular complexity index is 105. The summed E-state index contributed by atoms with van der Waals surface area (Å²) in [6.45, 7) is 4.26. The number of hydrogen-bond acceptors (Lipinski definition) is 1. The molecule has 1 fully saturated rings. The van der Waals surface area contributed by atoms with E-state index in [1.165, 1.54) is 0 Å². The molecule has 1 rings (SSSR count). The number of ether oxygens (including phenoxy) is 1. The zero-order valence-corrected chi connectivity index (χ0v) is 6.18. The van der Waals surface area contributed by atoms with Crippen LogP contribution < -0.4 is 0 Å².